The van der Waals surface area contributed by atoms with Crippen LogP contribution in [0.3, 0.4) is 0 Å². The Hall–Kier alpha value is -0.740. The van der Waals surface area contributed by atoms with E-state index in [-0.39, 0.29) is 6.61 Å². The van der Waals surface area contributed by atoms with Gasteiger partial charge in [0.1, 0.15) is 11.4 Å². The van der Waals surface area contributed by atoms with Gasteiger partial charge in [0.05, 0.1) is 6.61 Å². The molecule has 0 aliphatic carbocycles. The van der Waals surface area contributed by atoms with Crippen LogP contribution < -0.4 is 0 Å². The third-order valence-corrected chi connectivity index (χ3v) is 3.20. The van der Waals surface area contributed by atoms with Crippen molar-refractivity contribution in [2.75, 3.05) is 13.2 Å². The summed E-state index contributed by atoms with van der Waals surface area (Å²) in [4.78, 5) is 21.7. The van der Waals surface area contributed by atoms with Gasteiger partial charge in [-0.05, 0) is 6.42 Å². The Morgan fingerprint density at radius 1 is 0.864 bits per heavy atom. The first-order chi connectivity index (χ1) is 10.6. The molecule has 0 spiro atoms. The van der Waals surface area contributed by atoms with Gasteiger partial charge in [-0.1, -0.05) is 51.9 Å². The normalized spacial score (nSPS) is 11.1. The number of carbonyl (C=O) groups is 2. The van der Waals surface area contributed by atoms with E-state index in [1.165, 1.54) is 38.5 Å². The summed E-state index contributed by atoms with van der Waals surface area (Å²) in [6, 6.07) is 0. The number of ether oxygens (including phenoxy) is 2. The Balaban J connectivity index is 3.47. The minimum atomic E-state index is -0.772. The second-order valence-corrected chi connectivity index (χ2v) is 6.27. The standard InChI is InChI=1S/C16H26Cl2O4/c1-2-3-4-5-6-7-8-9-12-21-15(19)10-11-16(20)22-13-14(17)18/h10-11,14H,2-9,12-13H2,1H3/b11-10+. The van der Waals surface area contributed by atoms with Crippen LogP contribution in [0, 0.1) is 0 Å². The Morgan fingerprint density at radius 2 is 1.36 bits per heavy atom. The topological polar surface area (TPSA) is 52.6 Å². The zero-order chi connectivity index (χ0) is 16.6. The maximum Gasteiger partial charge on any atom is 0.331 e. The Kier molecular flexibility index (Phi) is 14.7. The summed E-state index contributed by atoms with van der Waals surface area (Å²) in [7, 11) is 0. The van der Waals surface area contributed by atoms with Crippen molar-refractivity contribution >= 4 is 35.1 Å². The highest BCUT2D eigenvalue weighted by atomic mass is 35.5. The molecule has 0 unspecified atom stereocenters. The van der Waals surface area contributed by atoms with Gasteiger partial charge in [-0.2, -0.15) is 0 Å². The van der Waals surface area contributed by atoms with E-state index in [9.17, 15) is 9.59 Å². The molecule has 0 fully saturated rings. The van der Waals surface area contributed by atoms with Crippen molar-refractivity contribution in [1.29, 1.82) is 0 Å². The molecule has 0 bridgehead atoms. The highest BCUT2D eigenvalue weighted by Crippen LogP contribution is 2.08. The number of hydrogen-bond acceptors (Lipinski definition) is 4. The molecule has 128 valence electrons. The van der Waals surface area contributed by atoms with E-state index in [1.807, 2.05) is 0 Å². The highest BCUT2D eigenvalue weighted by molar-refractivity contribution is 6.44. The van der Waals surface area contributed by atoms with Crippen molar-refractivity contribution < 1.29 is 19.1 Å². The van der Waals surface area contributed by atoms with Crippen LogP contribution in [0.15, 0.2) is 12.2 Å². The van der Waals surface area contributed by atoms with Crippen LogP contribution >= 0.6 is 23.2 Å². The van der Waals surface area contributed by atoms with Gasteiger partial charge in [-0.25, -0.2) is 9.59 Å². The minimum Gasteiger partial charge on any atom is -0.463 e. The van der Waals surface area contributed by atoms with Crippen LogP contribution in [0.5, 0.6) is 0 Å². The summed E-state index contributed by atoms with van der Waals surface area (Å²) >= 11 is 10.8. The third-order valence-electron chi connectivity index (χ3n) is 2.95. The lowest BCUT2D eigenvalue weighted by atomic mass is 10.1. The second kappa shape index (κ2) is 15.2. The number of carbonyl (C=O) groups excluding carboxylic acids is 2. The fraction of sp³-hybridized carbons (Fsp3) is 0.750. The number of alkyl halides is 2. The molecule has 0 heterocycles. The van der Waals surface area contributed by atoms with E-state index in [0.29, 0.717) is 6.61 Å². The molecule has 0 rings (SSSR count). The van der Waals surface area contributed by atoms with E-state index in [1.54, 1.807) is 0 Å². The molecule has 0 amide bonds. The van der Waals surface area contributed by atoms with Gasteiger partial charge in [0.25, 0.3) is 0 Å². The quantitative estimate of drug-likeness (QED) is 0.211. The van der Waals surface area contributed by atoms with E-state index in [2.05, 4.69) is 11.7 Å². The maximum atomic E-state index is 11.3. The molecule has 0 aromatic heterocycles. The summed E-state index contributed by atoms with van der Waals surface area (Å²) in [5, 5.41) is 0. The fourth-order valence-electron chi connectivity index (χ4n) is 1.79. The molecule has 0 atom stereocenters. The maximum absolute atomic E-state index is 11.3. The average Bonchev–Trinajstić information content (AvgIpc) is 2.49. The smallest absolute Gasteiger partial charge is 0.331 e. The van der Waals surface area contributed by atoms with Crippen molar-refractivity contribution in [3.05, 3.63) is 12.2 Å². The summed E-state index contributed by atoms with van der Waals surface area (Å²) in [6.45, 7) is 2.47. The van der Waals surface area contributed by atoms with Gasteiger partial charge in [-0.15, -0.1) is 23.2 Å². The van der Waals surface area contributed by atoms with Gasteiger partial charge in [0.15, 0.2) is 0 Å². The predicted octanol–water partition coefficient (Wildman–Crippen LogP) is 4.57. The average molecular weight is 353 g/mol. The van der Waals surface area contributed by atoms with Crippen molar-refractivity contribution in [1.82, 2.24) is 0 Å². The third kappa shape index (κ3) is 15.6. The van der Waals surface area contributed by atoms with Crippen LogP contribution in [0.2, 0.25) is 0 Å². The monoisotopic (exact) mass is 352 g/mol. The molecule has 0 N–H and O–H groups in total. The largest absolute Gasteiger partial charge is 0.463 e. The van der Waals surface area contributed by atoms with Crippen molar-refractivity contribution in [2.24, 2.45) is 0 Å². The van der Waals surface area contributed by atoms with E-state index in [0.717, 1.165) is 25.0 Å². The zero-order valence-electron chi connectivity index (χ0n) is 13.2. The zero-order valence-corrected chi connectivity index (χ0v) is 14.7. The summed E-state index contributed by atoms with van der Waals surface area (Å²) < 4.78 is 9.63. The van der Waals surface area contributed by atoms with E-state index < -0.39 is 16.8 Å². The minimum absolute atomic E-state index is 0.112. The van der Waals surface area contributed by atoms with Crippen LogP contribution in [0.4, 0.5) is 0 Å². The van der Waals surface area contributed by atoms with Gasteiger partial charge in [0, 0.05) is 12.2 Å². The fourth-order valence-corrected chi connectivity index (χ4v) is 1.91. The molecule has 22 heavy (non-hydrogen) atoms. The van der Waals surface area contributed by atoms with E-state index in [4.69, 9.17) is 27.9 Å². The SMILES string of the molecule is CCCCCCCCCCOC(=O)/C=C/C(=O)OCC(Cl)Cl. The van der Waals surface area contributed by atoms with Crippen molar-refractivity contribution in [2.45, 2.75) is 63.1 Å². The number of unbranched alkanes of at least 4 members (excludes halogenated alkanes) is 7. The molecule has 0 saturated heterocycles. The van der Waals surface area contributed by atoms with Crippen LogP contribution in [0.25, 0.3) is 0 Å². The first-order valence-electron chi connectivity index (χ1n) is 7.86. The molecule has 4 nitrogen and oxygen atoms in total. The molecule has 0 radical (unpaired) electrons. The van der Waals surface area contributed by atoms with E-state index >= 15 is 0 Å². The molecule has 0 aromatic rings. The summed E-state index contributed by atoms with van der Waals surface area (Å²) in [5.74, 6) is -1.22. The Labute approximate surface area is 143 Å². The van der Waals surface area contributed by atoms with Gasteiger partial charge in [0.2, 0.25) is 0 Å². The van der Waals surface area contributed by atoms with Gasteiger partial charge in [-0.3, -0.25) is 0 Å². The molecule has 6 heteroatoms. The summed E-state index contributed by atoms with van der Waals surface area (Å²) in [5.41, 5.74) is 0. The highest BCUT2D eigenvalue weighted by Gasteiger charge is 2.04. The molecular weight excluding hydrogens is 327 g/mol. The van der Waals surface area contributed by atoms with Crippen molar-refractivity contribution in [3.8, 4) is 0 Å². The molecular formula is C16H26Cl2O4. The summed E-state index contributed by atoms with van der Waals surface area (Å²) in [6.07, 6.45) is 11.5. The predicted molar refractivity (Wildman–Crippen MR) is 89.2 cm³/mol. The molecule has 0 aliphatic heterocycles. The van der Waals surface area contributed by atoms with Crippen LogP contribution in [-0.4, -0.2) is 30.0 Å². The Bertz CT molecular complexity index is 330. The second-order valence-electron chi connectivity index (χ2n) is 5.00. The van der Waals surface area contributed by atoms with Crippen LogP contribution in [-0.2, 0) is 19.1 Å². The van der Waals surface area contributed by atoms with Gasteiger partial charge >= 0.3 is 11.9 Å². The Morgan fingerprint density at radius 3 is 1.91 bits per heavy atom. The number of hydrogen-bond donors (Lipinski definition) is 0. The molecule has 0 aromatic carbocycles. The van der Waals surface area contributed by atoms with Crippen LogP contribution in [0.1, 0.15) is 58.3 Å². The lowest BCUT2D eigenvalue weighted by Crippen LogP contribution is -2.09. The molecule has 0 saturated carbocycles. The lowest BCUT2D eigenvalue weighted by Gasteiger charge is -2.03. The number of rotatable bonds is 13. The lowest BCUT2D eigenvalue weighted by molar-refractivity contribution is -0.140. The first-order valence-corrected chi connectivity index (χ1v) is 8.73. The van der Waals surface area contributed by atoms with Gasteiger partial charge < -0.3 is 9.47 Å². The molecule has 0 aliphatic rings. The van der Waals surface area contributed by atoms with Crippen molar-refractivity contribution in [3.63, 3.8) is 0 Å². The number of esters is 2. The number of halogens is 2. The first kappa shape index (κ1) is 21.3.